The van der Waals surface area contributed by atoms with Crippen molar-refractivity contribution < 1.29 is 18.7 Å². The molecule has 0 spiro atoms. The number of amides is 2. The molecule has 1 aromatic heterocycles. The first-order valence-corrected chi connectivity index (χ1v) is 10.5. The van der Waals surface area contributed by atoms with E-state index in [1.54, 1.807) is 67.6 Å². The van der Waals surface area contributed by atoms with E-state index in [-0.39, 0.29) is 23.4 Å². The van der Waals surface area contributed by atoms with Crippen LogP contribution in [0.4, 0.5) is 10.1 Å². The molecule has 0 aliphatic heterocycles. The number of fused-ring (bicyclic) bond motifs is 1. The van der Waals surface area contributed by atoms with Gasteiger partial charge in [0.25, 0.3) is 11.5 Å². The van der Waals surface area contributed by atoms with Crippen molar-refractivity contribution in [2.75, 3.05) is 19.0 Å². The topological polar surface area (TPSA) is 89.4 Å². The Hall–Kier alpha value is -4.46. The van der Waals surface area contributed by atoms with Crippen molar-refractivity contribution in [3.8, 4) is 11.4 Å². The van der Waals surface area contributed by atoms with Crippen LogP contribution in [0.2, 0.25) is 0 Å². The number of carbonyl (C=O) groups excluding carboxylic acids is 2. The maximum Gasteiger partial charge on any atom is 0.263 e. The van der Waals surface area contributed by atoms with E-state index < -0.39 is 17.6 Å². The van der Waals surface area contributed by atoms with Crippen molar-refractivity contribution in [3.05, 3.63) is 100 Å². The molecule has 172 valence electrons. The molecule has 4 aromatic rings. The highest BCUT2D eigenvalue weighted by Crippen LogP contribution is 2.23. The van der Waals surface area contributed by atoms with Crippen LogP contribution in [0, 0.1) is 12.7 Å². The molecule has 7 nitrogen and oxygen atoms in total. The fourth-order valence-electron chi connectivity index (χ4n) is 3.61. The van der Waals surface area contributed by atoms with Gasteiger partial charge in [-0.25, -0.2) is 4.39 Å². The van der Waals surface area contributed by atoms with Crippen LogP contribution in [-0.2, 0) is 4.79 Å². The number of nitrogens with zero attached hydrogens (tertiary/aromatic N) is 1. The zero-order chi connectivity index (χ0) is 24.2. The predicted molar refractivity (Wildman–Crippen MR) is 128 cm³/mol. The number of aromatic nitrogens is 1. The first-order chi connectivity index (χ1) is 16.4. The first-order valence-electron chi connectivity index (χ1n) is 10.5. The van der Waals surface area contributed by atoms with Crippen molar-refractivity contribution in [1.82, 2.24) is 9.88 Å². The van der Waals surface area contributed by atoms with Crippen molar-refractivity contribution in [2.45, 2.75) is 6.92 Å². The SMILES string of the molecule is COc1ccccc1-n1cc(C(=O)NCC(=O)Nc2ccc(C)c(F)c2)c2ccccc2c1=O. The molecule has 0 aliphatic rings. The number of hydrogen-bond acceptors (Lipinski definition) is 4. The molecule has 0 saturated carbocycles. The quantitative estimate of drug-likeness (QED) is 0.459. The van der Waals surface area contributed by atoms with Gasteiger partial charge in [0.1, 0.15) is 11.6 Å². The highest BCUT2D eigenvalue weighted by molar-refractivity contribution is 6.08. The molecule has 0 unspecified atom stereocenters. The van der Waals surface area contributed by atoms with Crippen molar-refractivity contribution in [3.63, 3.8) is 0 Å². The summed E-state index contributed by atoms with van der Waals surface area (Å²) in [5.74, 6) is -1.02. The molecular formula is C26H22FN3O4. The second-order valence-corrected chi connectivity index (χ2v) is 7.63. The standard InChI is InChI=1S/C26H22FN3O4/c1-16-11-12-17(13-21(16)27)29-24(31)14-28-25(32)20-15-30(22-9-5-6-10-23(22)34-2)26(33)19-8-4-3-7-18(19)20/h3-13,15H,14H2,1-2H3,(H,28,32)(H,29,31). The van der Waals surface area contributed by atoms with Crippen LogP contribution in [0.15, 0.2) is 77.7 Å². The third kappa shape index (κ3) is 4.52. The average molecular weight is 459 g/mol. The number of hydrogen-bond donors (Lipinski definition) is 2. The number of methoxy groups -OCH3 is 1. The van der Waals surface area contributed by atoms with Gasteiger partial charge >= 0.3 is 0 Å². The van der Waals surface area contributed by atoms with Gasteiger partial charge < -0.3 is 15.4 Å². The lowest BCUT2D eigenvalue weighted by atomic mass is 10.1. The lowest BCUT2D eigenvalue weighted by molar-refractivity contribution is -0.115. The molecule has 0 atom stereocenters. The summed E-state index contributed by atoms with van der Waals surface area (Å²) in [5, 5.41) is 5.93. The number of para-hydroxylation sites is 2. The molecule has 2 N–H and O–H groups in total. The Balaban J connectivity index is 1.63. The minimum absolute atomic E-state index is 0.218. The number of aryl methyl sites for hydroxylation is 1. The molecule has 0 fully saturated rings. The van der Waals surface area contributed by atoms with E-state index in [1.165, 1.54) is 23.9 Å². The Morgan fingerprint density at radius 3 is 2.44 bits per heavy atom. The fraction of sp³-hybridized carbons (Fsp3) is 0.115. The molecule has 2 amide bonds. The zero-order valence-corrected chi connectivity index (χ0v) is 18.6. The van der Waals surface area contributed by atoms with Crippen molar-refractivity contribution in [1.29, 1.82) is 0 Å². The van der Waals surface area contributed by atoms with E-state index in [1.807, 2.05) is 0 Å². The minimum Gasteiger partial charge on any atom is -0.495 e. The average Bonchev–Trinajstić information content (AvgIpc) is 2.85. The third-order valence-electron chi connectivity index (χ3n) is 5.38. The van der Waals surface area contributed by atoms with Crippen LogP contribution >= 0.6 is 0 Å². The lowest BCUT2D eigenvalue weighted by Gasteiger charge is -2.15. The number of rotatable bonds is 6. The summed E-state index contributed by atoms with van der Waals surface area (Å²) in [5.41, 5.74) is 1.14. The van der Waals surface area contributed by atoms with E-state index in [0.717, 1.165) is 0 Å². The molecule has 0 radical (unpaired) electrons. The third-order valence-corrected chi connectivity index (χ3v) is 5.38. The summed E-state index contributed by atoms with van der Waals surface area (Å²) in [4.78, 5) is 38.6. The second kappa shape index (κ2) is 9.58. The normalized spacial score (nSPS) is 10.7. The Labute approximate surface area is 194 Å². The van der Waals surface area contributed by atoms with Gasteiger partial charge in [-0.1, -0.05) is 36.4 Å². The van der Waals surface area contributed by atoms with Crippen LogP contribution < -0.4 is 20.9 Å². The van der Waals surface area contributed by atoms with Crippen LogP contribution in [0.3, 0.4) is 0 Å². The second-order valence-electron chi connectivity index (χ2n) is 7.63. The Kier molecular flexibility index (Phi) is 6.40. The van der Waals surface area contributed by atoms with Crippen LogP contribution in [0.25, 0.3) is 16.5 Å². The van der Waals surface area contributed by atoms with E-state index in [9.17, 15) is 18.8 Å². The van der Waals surface area contributed by atoms with E-state index in [0.29, 0.717) is 27.8 Å². The molecule has 3 aromatic carbocycles. The number of benzene rings is 3. The molecule has 4 rings (SSSR count). The summed E-state index contributed by atoms with van der Waals surface area (Å²) >= 11 is 0. The van der Waals surface area contributed by atoms with Gasteiger partial charge in [-0.05, 0) is 42.8 Å². The summed E-state index contributed by atoms with van der Waals surface area (Å²) in [6, 6.07) is 18.1. The molecule has 34 heavy (non-hydrogen) atoms. The number of halogens is 1. The largest absolute Gasteiger partial charge is 0.495 e. The maximum atomic E-state index is 13.7. The van der Waals surface area contributed by atoms with Gasteiger partial charge in [0.2, 0.25) is 5.91 Å². The van der Waals surface area contributed by atoms with Crippen LogP contribution in [0.1, 0.15) is 15.9 Å². The van der Waals surface area contributed by atoms with Crippen LogP contribution in [0.5, 0.6) is 5.75 Å². The highest BCUT2D eigenvalue weighted by Gasteiger charge is 2.18. The van der Waals surface area contributed by atoms with Gasteiger partial charge in [-0.3, -0.25) is 19.0 Å². The number of anilines is 1. The monoisotopic (exact) mass is 459 g/mol. The molecule has 1 heterocycles. The zero-order valence-electron chi connectivity index (χ0n) is 18.6. The summed E-state index contributed by atoms with van der Waals surface area (Å²) in [6.07, 6.45) is 1.44. The lowest BCUT2D eigenvalue weighted by Crippen LogP contribution is -2.34. The number of nitrogens with one attached hydrogen (secondary N) is 2. The minimum atomic E-state index is -0.537. The maximum absolute atomic E-state index is 13.7. The predicted octanol–water partition coefficient (Wildman–Crippen LogP) is 3.82. The molecule has 8 heteroatoms. The van der Waals surface area contributed by atoms with Crippen LogP contribution in [-0.4, -0.2) is 30.0 Å². The molecule has 0 saturated heterocycles. The van der Waals surface area contributed by atoms with E-state index >= 15 is 0 Å². The molecule has 0 bridgehead atoms. The number of ether oxygens (including phenoxy) is 1. The van der Waals surface area contributed by atoms with Gasteiger partial charge in [0.05, 0.1) is 24.9 Å². The van der Waals surface area contributed by atoms with Crippen molar-refractivity contribution in [2.24, 2.45) is 0 Å². The summed E-state index contributed by atoms with van der Waals surface area (Å²) in [6.45, 7) is 1.28. The van der Waals surface area contributed by atoms with Gasteiger partial charge in [-0.2, -0.15) is 0 Å². The number of carbonyl (C=O) groups is 2. The summed E-state index contributed by atoms with van der Waals surface area (Å²) in [7, 11) is 1.50. The van der Waals surface area contributed by atoms with E-state index in [2.05, 4.69) is 10.6 Å². The van der Waals surface area contributed by atoms with Crippen molar-refractivity contribution >= 4 is 28.3 Å². The van der Waals surface area contributed by atoms with E-state index in [4.69, 9.17) is 4.74 Å². The summed E-state index contributed by atoms with van der Waals surface area (Å²) < 4.78 is 20.5. The smallest absolute Gasteiger partial charge is 0.263 e. The van der Waals surface area contributed by atoms with Gasteiger partial charge in [0, 0.05) is 22.7 Å². The Morgan fingerprint density at radius 1 is 1.00 bits per heavy atom. The number of pyridine rings is 1. The fourth-order valence-corrected chi connectivity index (χ4v) is 3.61. The molecular weight excluding hydrogens is 437 g/mol. The van der Waals surface area contributed by atoms with Gasteiger partial charge in [0.15, 0.2) is 0 Å². The van der Waals surface area contributed by atoms with Gasteiger partial charge in [-0.15, -0.1) is 0 Å². The first kappa shape index (κ1) is 22.7. The Bertz CT molecular complexity index is 1460. The highest BCUT2D eigenvalue weighted by atomic mass is 19.1. The Morgan fingerprint density at radius 2 is 1.71 bits per heavy atom. The molecule has 0 aliphatic carbocycles.